The highest BCUT2D eigenvalue weighted by molar-refractivity contribution is 5.86. The zero-order chi connectivity index (χ0) is 14.9. The van der Waals surface area contributed by atoms with Crippen molar-refractivity contribution in [2.75, 3.05) is 19.6 Å². The van der Waals surface area contributed by atoms with Crippen LogP contribution < -0.4 is 11.1 Å². The van der Waals surface area contributed by atoms with Crippen LogP contribution in [0.25, 0.3) is 0 Å². The highest BCUT2D eigenvalue weighted by Crippen LogP contribution is 2.29. The lowest BCUT2D eigenvalue weighted by molar-refractivity contribution is -0.137. The van der Waals surface area contributed by atoms with Gasteiger partial charge in [0.25, 0.3) is 0 Å². The SMILES string of the molecule is CC1(C(=O)N2C[C@@H](N)[C@H](c3ccccc3)C2)CCCCN1. The number of amides is 1. The van der Waals surface area contributed by atoms with Gasteiger partial charge in [-0.1, -0.05) is 30.3 Å². The number of hydrogen-bond acceptors (Lipinski definition) is 3. The van der Waals surface area contributed by atoms with Crippen molar-refractivity contribution in [2.24, 2.45) is 5.73 Å². The van der Waals surface area contributed by atoms with E-state index in [1.54, 1.807) is 0 Å². The van der Waals surface area contributed by atoms with Gasteiger partial charge in [0, 0.05) is 25.0 Å². The molecule has 0 radical (unpaired) electrons. The Kier molecular flexibility index (Phi) is 4.00. The van der Waals surface area contributed by atoms with Crippen LogP contribution >= 0.6 is 0 Å². The number of nitrogens with zero attached hydrogens (tertiary/aromatic N) is 1. The minimum Gasteiger partial charge on any atom is -0.339 e. The van der Waals surface area contributed by atoms with Crippen LogP contribution in [-0.2, 0) is 4.79 Å². The Bertz CT molecular complexity index is 496. The van der Waals surface area contributed by atoms with Gasteiger partial charge in [-0.05, 0) is 38.3 Å². The molecule has 2 fully saturated rings. The maximum absolute atomic E-state index is 12.9. The van der Waals surface area contributed by atoms with Crippen LogP contribution in [0, 0.1) is 0 Å². The number of hydrogen-bond donors (Lipinski definition) is 2. The molecule has 0 saturated carbocycles. The minimum absolute atomic E-state index is 0.0311. The average molecular weight is 287 g/mol. The summed E-state index contributed by atoms with van der Waals surface area (Å²) in [5, 5.41) is 3.41. The molecular formula is C17H25N3O. The fourth-order valence-electron chi connectivity index (χ4n) is 3.64. The second kappa shape index (κ2) is 5.78. The molecule has 3 N–H and O–H groups in total. The summed E-state index contributed by atoms with van der Waals surface area (Å²) in [6.45, 7) is 4.37. The van der Waals surface area contributed by atoms with E-state index in [-0.39, 0.29) is 17.9 Å². The number of carbonyl (C=O) groups is 1. The number of nitrogens with one attached hydrogen (secondary N) is 1. The van der Waals surface area contributed by atoms with E-state index in [1.807, 2.05) is 30.0 Å². The largest absolute Gasteiger partial charge is 0.339 e. The summed E-state index contributed by atoms with van der Waals surface area (Å²) in [7, 11) is 0. The Balaban J connectivity index is 1.72. The third kappa shape index (κ3) is 2.83. The predicted octanol–water partition coefficient (Wildman–Crippen LogP) is 1.47. The van der Waals surface area contributed by atoms with Gasteiger partial charge in [0.15, 0.2) is 0 Å². The van der Waals surface area contributed by atoms with Gasteiger partial charge in [0.1, 0.15) is 0 Å². The van der Waals surface area contributed by atoms with E-state index in [4.69, 9.17) is 5.73 Å². The van der Waals surface area contributed by atoms with Gasteiger partial charge in [-0.3, -0.25) is 4.79 Å². The van der Waals surface area contributed by atoms with Gasteiger partial charge in [-0.2, -0.15) is 0 Å². The van der Waals surface area contributed by atoms with Crippen LogP contribution in [-0.4, -0.2) is 42.0 Å². The van der Waals surface area contributed by atoms with Crippen molar-refractivity contribution in [1.82, 2.24) is 10.2 Å². The van der Waals surface area contributed by atoms with Crippen LogP contribution in [0.15, 0.2) is 30.3 Å². The van der Waals surface area contributed by atoms with Gasteiger partial charge in [-0.25, -0.2) is 0 Å². The van der Waals surface area contributed by atoms with Crippen molar-refractivity contribution in [3.05, 3.63) is 35.9 Å². The molecule has 1 amide bonds. The molecule has 21 heavy (non-hydrogen) atoms. The molecule has 1 aromatic carbocycles. The fourth-order valence-corrected chi connectivity index (χ4v) is 3.64. The molecule has 114 valence electrons. The molecule has 1 aromatic rings. The first-order valence-corrected chi connectivity index (χ1v) is 7.95. The van der Waals surface area contributed by atoms with Crippen molar-refractivity contribution in [1.29, 1.82) is 0 Å². The zero-order valence-electron chi connectivity index (χ0n) is 12.7. The maximum atomic E-state index is 12.9. The van der Waals surface area contributed by atoms with E-state index in [0.29, 0.717) is 6.54 Å². The average Bonchev–Trinajstić information content (AvgIpc) is 2.90. The third-order valence-corrected chi connectivity index (χ3v) is 4.97. The van der Waals surface area contributed by atoms with Gasteiger partial charge in [0.2, 0.25) is 5.91 Å². The van der Waals surface area contributed by atoms with Gasteiger partial charge < -0.3 is 16.0 Å². The summed E-state index contributed by atoms with van der Waals surface area (Å²) in [5.41, 5.74) is 7.14. The lowest BCUT2D eigenvalue weighted by Crippen LogP contribution is -2.57. The first-order valence-electron chi connectivity index (χ1n) is 7.95. The summed E-state index contributed by atoms with van der Waals surface area (Å²) >= 11 is 0. The summed E-state index contributed by atoms with van der Waals surface area (Å²) in [6, 6.07) is 10.3. The van der Waals surface area contributed by atoms with E-state index in [9.17, 15) is 4.79 Å². The van der Waals surface area contributed by atoms with Crippen molar-refractivity contribution in [3.8, 4) is 0 Å². The molecule has 0 bridgehead atoms. The van der Waals surface area contributed by atoms with Crippen LogP contribution in [0.4, 0.5) is 0 Å². The highest BCUT2D eigenvalue weighted by atomic mass is 16.2. The Morgan fingerprint density at radius 3 is 2.71 bits per heavy atom. The number of likely N-dealkylation sites (tertiary alicyclic amines) is 1. The predicted molar refractivity (Wildman–Crippen MR) is 84.0 cm³/mol. The second-order valence-electron chi connectivity index (χ2n) is 6.61. The molecule has 0 aliphatic carbocycles. The highest BCUT2D eigenvalue weighted by Gasteiger charge is 2.42. The smallest absolute Gasteiger partial charge is 0.242 e. The number of rotatable bonds is 2. The molecule has 4 heteroatoms. The number of piperidine rings is 1. The Labute approximate surface area is 126 Å². The first kappa shape index (κ1) is 14.5. The van der Waals surface area contributed by atoms with Crippen molar-refractivity contribution in [3.63, 3.8) is 0 Å². The molecule has 0 spiro atoms. The molecule has 4 nitrogen and oxygen atoms in total. The normalized spacial score (nSPS) is 33.1. The summed E-state index contributed by atoms with van der Waals surface area (Å²) in [5.74, 6) is 0.471. The molecular weight excluding hydrogens is 262 g/mol. The monoisotopic (exact) mass is 287 g/mol. The first-order chi connectivity index (χ1) is 10.1. The van der Waals surface area contributed by atoms with Crippen molar-refractivity contribution >= 4 is 5.91 Å². The van der Waals surface area contributed by atoms with E-state index in [2.05, 4.69) is 17.4 Å². The minimum atomic E-state index is -0.399. The van der Waals surface area contributed by atoms with E-state index in [0.717, 1.165) is 32.4 Å². The third-order valence-electron chi connectivity index (χ3n) is 4.97. The number of nitrogens with two attached hydrogens (primary N) is 1. The molecule has 2 saturated heterocycles. The van der Waals surface area contributed by atoms with E-state index in [1.165, 1.54) is 5.56 Å². The van der Waals surface area contributed by atoms with Crippen LogP contribution in [0.3, 0.4) is 0 Å². The lowest BCUT2D eigenvalue weighted by Gasteiger charge is -2.36. The Morgan fingerprint density at radius 1 is 1.29 bits per heavy atom. The maximum Gasteiger partial charge on any atom is 0.242 e. The lowest BCUT2D eigenvalue weighted by atomic mass is 9.89. The molecule has 2 aliphatic rings. The quantitative estimate of drug-likeness (QED) is 0.866. The zero-order valence-corrected chi connectivity index (χ0v) is 12.7. The summed E-state index contributed by atoms with van der Waals surface area (Å²) in [4.78, 5) is 14.8. The van der Waals surface area contributed by atoms with Gasteiger partial charge in [-0.15, -0.1) is 0 Å². The topological polar surface area (TPSA) is 58.4 Å². The van der Waals surface area contributed by atoms with Crippen LogP contribution in [0.1, 0.15) is 37.7 Å². The molecule has 2 heterocycles. The molecule has 3 atom stereocenters. The summed E-state index contributed by atoms with van der Waals surface area (Å²) in [6.07, 6.45) is 3.21. The van der Waals surface area contributed by atoms with Crippen LogP contribution in [0.2, 0.25) is 0 Å². The summed E-state index contributed by atoms with van der Waals surface area (Å²) < 4.78 is 0. The Morgan fingerprint density at radius 2 is 2.05 bits per heavy atom. The van der Waals surface area contributed by atoms with Gasteiger partial charge in [0.05, 0.1) is 5.54 Å². The molecule has 3 rings (SSSR count). The van der Waals surface area contributed by atoms with Crippen molar-refractivity contribution < 1.29 is 4.79 Å². The molecule has 1 unspecified atom stereocenters. The molecule has 2 aliphatic heterocycles. The second-order valence-corrected chi connectivity index (χ2v) is 6.61. The number of benzene rings is 1. The van der Waals surface area contributed by atoms with Gasteiger partial charge >= 0.3 is 0 Å². The van der Waals surface area contributed by atoms with E-state index >= 15 is 0 Å². The molecule has 0 aromatic heterocycles. The standard InChI is InChI=1S/C17H25N3O/c1-17(9-5-6-10-19-17)16(21)20-11-14(15(18)12-20)13-7-3-2-4-8-13/h2-4,7-8,14-15,19H,5-6,9-12,18H2,1H3/t14-,15+,17?/m0/s1. The Hall–Kier alpha value is -1.39. The van der Waals surface area contributed by atoms with E-state index < -0.39 is 5.54 Å². The van der Waals surface area contributed by atoms with Crippen molar-refractivity contribution in [2.45, 2.75) is 43.7 Å². The fraction of sp³-hybridized carbons (Fsp3) is 0.588. The number of carbonyl (C=O) groups excluding carboxylic acids is 1. The van der Waals surface area contributed by atoms with Crippen LogP contribution in [0.5, 0.6) is 0 Å².